The third-order valence-corrected chi connectivity index (χ3v) is 2.72. The predicted octanol–water partition coefficient (Wildman–Crippen LogP) is -1.40. The maximum Gasteiger partial charge on any atom is 0.280 e. The van der Waals surface area contributed by atoms with Crippen LogP contribution >= 0.6 is 0 Å². The average molecular weight is 260 g/mol. The molecule has 0 bridgehead atoms. The van der Waals surface area contributed by atoms with Gasteiger partial charge in [-0.05, 0) is 0 Å². The van der Waals surface area contributed by atoms with Crippen LogP contribution in [0.2, 0.25) is 0 Å². The van der Waals surface area contributed by atoms with Crippen molar-refractivity contribution >= 4 is 46.7 Å². The minimum atomic E-state index is -0.503. The van der Waals surface area contributed by atoms with E-state index < -0.39 is 6.10 Å². The second kappa shape index (κ2) is 4.98. The van der Waals surface area contributed by atoms with Gasteiger partial charge in [-0.2, -0.15) is 4.98 Å². The summed E-state index contributed by atoms with van der Waals surface area (Å²) in [6, 6.07) is 0. The number of aromatic amines is 1. The summed E-state index contributed by atoms with van der Waals surface area (Å²) in [6.07, 6.45) is 1.05. The minimum absolute atomic E-state index is 0. The first-order chi connectivity index (χ1) is 8.15. The number of nitrogen functional groups attached to an aromatic ring is 1. The van der Waals surface area contributed by atoms with Crippen LogP contribution in [0.5, 0.6) is 0 Å². The third-order valence-electron chi connectivity index (χ3n) is 2.72. The van der Waals surface area contributed by atoms with E-state index in [1.807, 2.05) is 0 Å². The summed E-state index contributed by atoms with van der Waals surface area (Å²) >= 11 is 0. The average Bonchev–Trinajstić information content (AvgIpc) is 2.83. The molecule has 0 aromatic carbocycles. The quantitative estimate of drug-likeness (QED) is 0.542. The van der Waals surface area contributed by atoms with E-state index in [2.05, 4.69) is 15.0 Å². The van der Waals surface area contributed by atoms with Crippen molar-refractivity contribution in [2.45, 2.75) is 18.8 Å². The molecule has 8 nitrogen and oxygen atoms in total. The van der Waals surface area contributed by atoms with E-state index in [4.69, 9.17) is 10.5 Å². The summed E-state index contributed by atoms with van der Waals surface area (Å²) in [5.41, 5.74) is 5.67. The molecule has 3 heterocycles. The third kappa shape index (κ3) is 2.17. The number of nitrogens with zero attached hydrogens (tertiary/aromatic N) is 3. The van der Waals surface area contributed by atoms with Crippen LogP contribution in [0.25, 0.3) is 11.2 Å². The van der Waals surface area contributed by atoms with Crippen molar-refractivity contribution < 1.29 is 9.84 Å². The first kappa shape index (κ1) is 13.5. The van der Waals surface area contributed by atoms with Crippen LogP contribution in [0.15, 0.2) is 11.1 Å². The van der Waals surface area contributed by atoms with Crippen LogP contribution in [-0.2, 0) is 4.74 Å². The largest absolute Gasteiger partial charge is 0.391 e. The minimum Gasteiger partial charge on any atom is -0.391 e. The van der Waals surface area contributed by atoms with Gasteiger partial charge in [0, 0.05) is 36.0 Å². The molecule has 18 heavy (non-hydrogen) atoms. The summed E-state index contributed by atoms with van der Waals surface area (Å²) in [5.74, 6) is 0.0304. The molecule has 0 unspecified atom stereocenters. The number of H-pyrrole nitrogens is 1. The van der Waals surface area contributed by atoms with Crippen LogP contribution in [0.1, 0.15) is 12.6 Å². The fourth-order valence-electron chi connectivity index (χ4n) is 1.94. The number of nitrogens with one attached hydrogen (secondary N) is 1. The summed E-state index contributed by atoms with van der Waals surface area (Å²) in [4.78, 5) is 21.9. The molecule has 1 aliphatic heterocycles. The van der Waals surface area contributed by atoms with Gasteiger partial charge in [0.05, 0.1) is 19.0 Å². The van der Waals surface area contributed by atoms with Crippen molar-refractivity contribution in [3.8, 4) is 0 Å². The maximum atomic E-state index is 11.6. The summed E-state index contributed by atoms with van der Waals surface area (Å²) in [7, 11) is 0. The molecule has 2 atom stereocenters. The van der Waals surface area contributed by atoms with E-state index in [1.165, 1.54) is 6.33 Å². The van der Waals surface area contributed by atoms with E-state index >= 15 is 0 Å². The number of ether oxygens (including phenoxy) is 1. The molecule has 2 aromatic rings. The van der Waals surface area contributed by atoms with Gasteiger partial charge in [-0.15, -0.1) is 0 Å². The van der Waals surface area contributed by atoms with Gasteiger partial charge in [-0.25, -0.2) is 4.98 Å². The van der Waals surface area contributed by atoms with Crippen molar-refractivity contribution in [3.63, 3.8) is 0 Å². The zero-order chi connectivity index (χ0) is 12.0. The first-order valence-electron chi connectivity index (χ1n) is 5.17. The normalized spacial score (nSPS) is 23.2. The van der Waals surface area contributed by atoms with Gasteiger partial charge in [0.25, 0.3) is 5.56 Å². The first-order valence-corrected chi connectivity index (χ1v) is 5.17. The van der Waals surface area contributed by atoms with Gasteiger partial charge in [0.1, 0.15) is 6.23 Å². The zero-order valence-corrected chi connectivity index (χ0v) is 11.8. The molecule has 1 fully saturated rings. The maximum absolute atomic E-state index is 11.6. The number of fused-ring (bicyclic) bond motifs is 1. The Hall–Kier alpha value is -0.930. The second-order valence-corrected chi connectivity index (χ2v) is 3.95. The Balaban J connectivity index is 0.00000120. The number of anilines is 1. The molecule has 0 amide bonds. The molecule has 1 aliphatic rings. The number of aliphatic hydroxyl groups excluding tert-OH is 1. The van der Waals surface area contributed by atoms with E-state index in [1.54, 1.807) is 4.57 Å². The predicted molar refractivity (Wildman–Crippen MR) is 63.9 cm³/mol. The Kier molecular flexibility index (Phi) is 3.74. The molecule has 91 valence electrons. The molecular weight excluding hydrogens is 249 g/mol. The molecule has 0 aliphatic carbocycles. The number of imidazole rings is 1. The monoisotopic (exact) mass is 260 g/mol. The van der Waals surface area contributed by atoms with Crippen LogP contribution in [0.4, 0.5) is 5.95 Å². The molecule has 0 saturated carbocycles. The smallest absolute Gasteiger partial charge is 0.280 e. The Morgan fingerprint density at radius 1 is 1.61 bits per heavy atom. The van der Waals surface area contributed by atoms with Crippen molar-refractivity contribution in [1.82, 2.24) is 19.5 Å². The van der Waals surface area contributed by atoms with E-state index in [9.17, 15) is 9.90 Å². The van der Waals surface area contributed by atoms with Gasteiger partial charge in [-0.1, -0.05) is 0 Å². The number of nitrogens with two attached hydrogens (primary N) is 1. The number of rotatable bonds is 1. The zero-order valence-electron chi connectivity index (χ0n) is 9.83. The number of hydrogen-bond donors (Lipinski definition) is 3. The standard InChI is InChI=1S/C9H11N5O3.Na/c10-9-12-7-6(8(16)13-9)11-3-14(7)5-1-4(15)2-17-5;/h3-5,15H,1-2H2,(H3,10,12,13,16);/t4-,5+;/m0./s1. The topological polar surface area (TPSA) is 119 Å². The molecule has 2 aromatic heterocycles. The molecule has 3 rings (SSSR count). The van der Waals surface area contributed by atoms with Gasteiger partial charge in [0.15, 0.2) is 11.2 Å². The van der Waals surface area contributed by atoms with Gasteiger partial charge in [-0.3, -0.25) is 14.3 Å². The summed E-state index contributed by atoms with van der Waals surface area (Å²) in [6.45, 7) is 0.267. The summed E-state index contributed by atoms with van der Waals surface area (Å²) < 4.78 is 6.99. The number of aliphatic hydroxyl groups is 1. The van der Waals surface area contributed by atoms with Crippen LogP contribution in [0, 0.1) is 0 Å². The Morgan fingerprint density at radius 3 is 3.06 bits per heavy atom. The molecule has 1 saturated heterocycles. The van der Waals surface area contributed by atoms with Crippen LogP contribution < -0.4 is 11.3 Å². The molecule has 4 N–H and O–H groups in total. The van der Waals surface area contributed by atoms with Gasteiger partial charge >= 0.3 is 0 Å². The van der Waals surface area contributed by atoms with Crippen LogP contribution in [-0.4, -0.2) is 66.9 Å². The summed E-state index contributed by atoms with van der Waals surface area (Å²) in [5, 5.41) is 9.41. The fraction of sp³-hybridized carbons (Fsp3) is 0.444. The second-order valence-electron chi connectivity index (χ2n) is 3.95. The van der Waals surface area contributed by atoms with Crippen molar-refractivity contribution in [2.24, 2.45) is 0 Å². The SMILES string of the molecule is Nc1nc2c(ncn2[C@H]2C[C@H](O)CO2)c(=O)[nH]1.[Na]. The van der Waals surface area contributed by atoms with Crippen LogP contribution in [0.3, 0.4) is 0 Å². The van der Waals surface area contributed by atoms with E-state index in [-0.39, 0.29) is 59.4 Å². The van der Waals surface area contributed by atoms with Crippen molar-refractivity contribution in [1.29, 1.82) is 0 Å². The fourth-order valence-corrected chi connectivity index (χ4v) is 1.94. The van der Waals surface area contributed by atoms with Crippen molar-refractivity contribution in [3.05, 3.63) is 16.7 Å². The van der Waals surface area contributed by atoms with E-state index in [0.717, 1.165) is 0 Å². The number of hydrogen-bond acceptors (Lipinski definition) is 6. The number of aromatic nitrogens is 4. The van der Waals surface area contributed by atoms with Gasteiger partial charge in [0.2, 0.25) is 5.95 Å². The molecule has 9 heteroatoms. The molecular formula is C9H11N5NaO3. The Labute approximate surface area is 123 Å². The molecule has 0 spiro atoms. The van der Waals surface area contributed by atoms with E-state index in [0.29, 0.717) is 12.1 Å². The Morgan fingerprint density at radius 2 is 2.39 bits per heavy atom. The van der Waals surface area contributed by atoms with Crippen molar-refractivity contribution in [2.75, 3.05) is 12.3 Å². The van der Waals surface area contributed by atoms with Gasteiger partial charge < -0.3 is 15.6 Å². The molecule has 1 radical (unpaired) electrons. The Bertz CT molecular complexity index is 624.